The normalized spacial score (nSPS) is 10.8. The average molecular weight is 374 g/mol. The van der Waals surface area contributed by atoms with Gasteiger partial charge in [0.15, 0.2) is 0 Å². The second-order valence-electron chi connectivity index (χ2n) is 6.67. The van der Waals surface area contributed by atoms with Crippen LogP contribution in [0.15, 0.2) is 48.5 Å². The van der Waals surface area contributed by atoms with Gasteiger partial charge in [-0.25, -0.2) is 0 Å². The molecule has 3 amide bonds. The Morgan fingerprint density at radius 1 is 0.885 bits per heavy atom. The Labute approximate surface area is 156 Å². The molecule has 136 valence electrons. The van der Waals surface area contributed by atoms with Crippen molar-refractivity contribution < 1.29 is 14.4 Å². The number of hydrogen-bond donors (Lipinski definition) is 3. The lowest BCUT2D eigenvalue weighted by Crippen LogP contribution is -2.41. The molecule has 0 heterocycles. The van der Waals surface area contributed by atoms with Crippen LogP contribution in [0, 0.1) is 5.41 Å². The molecule has 0 fully saturated rings. The zero-order valence-corrected chi connectivity index (χ0v) is 15.5. The molecule has 7 heteroatoms. The van der Waals surface area contributed by atoms with E-state index in [1.165, 1.54) is 6.07 Å². The van der Waals surface area contributed by atoms with E-state index in [1.54, 1.807) is 63.2 Å². The SMILES string of the molecule is CC(C)(C)C(=O)Nc1cccc(C(=O)NNC(=O)c2ccccc2Cl)c1. The first kappa shape index (κ1) is 19.5. The lowest BCUT2D eigenvalue weighted by atomic mass is 9.95. The minimum absolute atomic E-state index is 0.165. The van der Waals surface area contributed by atoms with E-state index in [9.17, 15) is 14.4 Å². The Bertz CT molecular complexity index is 844. The lowest BCUT2D eigenvalue weighted by Gasteiger charge is -2.18. The third kappa shape index (κ3) is 5.07. The van der Waals surface area contributed by atoms with Crippen LogP contribution in [0.3, 0.4) is 0 Å². The molecule has 0 radical (unpaired) electrons. The number of carbonyl (C=O) groups excluding carboxylic acids is 3. The maximum absolute atomic E-state index is 12.2. The Kier molecular flexibility index (Phi) is 6.00. The highest BCUT2D eigenvalue weighted by atomic mass is 35.5. The van der Waals surface area contributed by atoms with E-state index >= 15 is 0 Å². The van der Waals surface area contributed by atoms with Gasteiger partial charge in [-0.05, 0) is 30.3 Å². The van der Waals surface area contributed by atoms with Gasteiger partial charge in [0.2, 0.25) is 5.91 Å². The lowest BCUT2D eigenvalue weighted by molar-refractivity contribution is -0.123. The van der Waals surface area contributed by atoms with Gasteiger partial charge >= 0.3 is 0 Å². The van der Waals surface area contributed by atoms with Crippen molar-refractivity contribution in [3.63, 3.8) is 0 Å². The summed E-state index contributed by atoms with van der Waals surface area (Å²) in [6, 6.07) is 12.9. The van der Waals surface area contributed by atoms with Crippen molar-refractivity contribution in [2.24, 2.45) is 5.41 Å². The van der Waals surface area contributed by atoms with Crippen molar-refractivity contribution in [2.45, 2.75) is 20.8 Å². The van der Waals surface area contributed by atoms with Crippen LogP contribution in [0.5, 0.6) is 0 Å². The van der Waals surface area contributed by atoms with Gasteiger partial charge < -0.3 is 5.32 Å². The molecule has 0 aliphatic rings. The molecule has 2 rings (SSSR count). The van der Waals surface area contributed by atoms with Crippen molar-refractivity contribution >= 4 is 35.0 Å². The zero-order chi connectivity index (χ0) is 19.3. The van der Waals surface area contributed by atoms with Crippen LogP contribution in [-0.2, 0) is 4.79 Å². The molecule has 2 aromatic rings. The number of amides is 3. The van der Waals surface area contributed by atoms with E-state index in [4.69, 9.17) is 11.6 Å². The van der Waals surface area contributed by atoms with Crippen molar-refractivity contribution in [2.75, 3.05) is 5.32 Å². The summed E-state index contributed by atoms with van der Waals surface area (Å²) in [4.78, 5) is 36.3. The van der Waals surface area contributed by atoms with Gasteiger partial charge in [-0.15, -0.1) is 0 Å². The Hall–Kier alpha value is -2.86. The van der Waals surface area contributed by atoms with Crippen LogP contribution in [-0.4, -0.2) is 17.7 Å². The van der Waals surface area contributed by atoms with E-state index in [2.05, 4.69) is 16.2 Å². The van der Waals surface area contributed by atoms with Crippen LogP contribution in [0.2, 0.25) is 5.02 Å². The quantitative estimate of drug-likeness (QED) is 0.720. The minimum Gasteiger partial charge on any atom is -0.326 e. The summed E-state index contributed by atoms with van der Waals surface area (Å²) in [6.07, 6.45) is 0. The average Bonchev–Trinajstić information content (AvgIpc) is 2.59. The molecule has 6 nitrogen and oxygen atoms in total. The smallest absolute Gasteiger partial charge is 0.271 e. The Morgan fingerprint density at radius 3 is 2.19 bits per heavy atom. The van der Waals surface area contributed by atoms with Gasteiger partial charge in [-0.1, -0.05) is 50.6 Å². The molecule has 0 atom stereocenters. The third-order valence-corrected chi connectivity index (χ3v) is 3.80. The first-order valence-corrected chi connectivity index (χ1v) is 8.33. The summed E-state index contributed by atoms with van der Waals surface area (Å²) < 4.78 is 0. The number of carbonyl (C=O) groups is 3. The van der Waals surface area contributed by atoms with Gasteiger partial charge in [0, 0.05) is 16.7 Å². The molecular formula is C19H20ClN3O3. The number of hydrogen-bond acceptors (Lipinski definition) is 3. The highest BCUT2D eigenvalue weighted by molar-refractivity contribution is 6.33. The van der Waals surface area contributed by atoms with Crippen LogP contribution in [0.4, 0.5) is 5.69 Å². The fourth-order valence-corrected chi connectivity index (χ4v) is 2.18. The number of anilines is 1. The molecule has 3 N–H and O–H groups in total. The van der Waals surface area contributed by atoms with Crippen LogP contribution < -0.4 is 16.2 Å². The van der Waals surface area contributed by atoms with Crippen LogP contribution in [0.1, 0.15) is 41.5 Å². The number of hydrazine groups is 1. The molecule has 0 saturated heterocycles. The van der Waals surface area contributed by atoms with Crippen molar-refractivity contribution in [1.29, 1.82) is 0 Å². The summed E-state index contributed by atoms with van der Waals surface area (Å²) in [5.41, 5.74) is 5.12. The van der Waals surface area contributed by atoms with Crippen LogP contribution in [0.25, 0.3) is 0 Å². The van der Waals surface area contributed by atoms with Gasteiger partial charge in [-0.2, -0.15) is 0 Å². The van der Waals surface area contributed by atoms with Crippen LogP contribution >= 0.6 is 11.6 Å². The van der Waals surface area contributed by atoms with Crippen molar-refractivity contribution in [3.8, 4) is 0 Å². The van der Waals surface area contributed by atoms with E-state index in [0.717, 1.165) is 0 Å². The fourth-order valence-electron chi connectivity index (χ4n) is 1.96. The molecule has 0 aromatic heterocycles. The van der Waals surface area contributed by atoms with E-state index < -0.39 is 17.2 Å². The predicted octanol–water partition coefficient (Wildman–Crippen LogP) is 3.40. The summed E-state index contributed by atoms with van der Waals surface area (Å²) in [5.74, 6) is -1.21. The van der Waals surface area contributed by atoms with Crippen molar-refractivity contribution in [3.05, 3.63) is 64.7 Å². The Balaban J connectivity index is 2.02. The van der Waals surface area contributed by atoms with E-state index in [-0.39, 0.29) is 22.1 Å². The van der Waals surface area contributed by atoms with E-state index in [0.29, 0.717) is 5.69 Å². The monoisotopic (exact) mass is 373 g/mol. The number of nitrogens with one attached hydrogen (secondary N) is 3. The van der Waals surface area contributed by atoms with Crippen molar-refractivity contribution in [1.82, 2.24) is 10.9 Å². The molecular weight excluding hydrogens is 354 g/mol. The molecule has 2 aromatic carbocycles. The molecule has 0 aliphatic carbocycles. The van der Waals surface area contributed by atoms with Gasteiger partial charge in [0.1, 0.15) is 0 Å². The molecule has 0 unspecified atom stereocenters. The summed E-state index contributed by atoms with van der Waals surface area (Å²) in [5, 5.41) is 3.04. The summed E-state index contributed by atoms with van der Waals surface area (Å²) >= 11 is 5.94. The van der Waals surface area contributed by atoms with Gasteiger partial charge in [0.05, 0.1) is 10.6 Å². The topological polar surface area (TPSA) is 87.3 Å². The molecule has 0 spiro atoms. The van der Waals surface area contributed by atoms with Gasteiger partial charge in [-0.3, -0.25) is 25.2 Å². The predicted molar refractivity (Wildman–Crippen MR) is 101 cm³/mol. The highest BCUT2D eigenvalue weighted by Crippen LogP contribution is 2.18. The third-order valence-electron chi connectivity index (χ3n) is 3.47. The molecule has 0 saturated carbocycles. The Morgan fingerprint density at radius 2 is 1.54 bits per heavy atom. The van der Waals surface area contributed by atoms with Gasteiger partial charge in [0.25, 0.3) is 11.8 Å². The highest BCUT2D eigenvalue weighted by Gasteiger charge is 2.21. The molecule has 0 aliphatic heterocycles. The second kappa shape index (κ2) is 8.01. The minimum atomic E-state index is -0.554. The first-order valence-electron chi connectivity index (χ1n) is 7.95. The van der Waals surface area contributed by atoms with E-state index in [1.807, 2.05) is 0 Å². The fraction of sp³-hybridized carbons (Fsp3) is 0.211. The maximum Gasteiger partial charge on any atom is 0.271 e. The standard InChI is InChI=1S/C19H20ClN3O3/c1-19(2,3)18(26)21-13-8-6-7-12(11-13)16(24)22-23-17(25)14-9-4-5-10-15(14)20/h4-11H,1-3H3,(H,21,26)(H,22,24)(H,23,25). The summed E-state index contributed by atoms with van der Waals surface area (Å²) in [7, 11) is 0. The maximum atomic E-state index is 12.2. The number of benzene rings is 2. The second-order valence-corrected chi connectivity index (χ2v) is 7.08. The number of rotatable bonds is 3. The largest absolute Gasteiger partial charge is 0.326 e. The first-order chi connectivity index (χ1) is 12.2. The number of halogens is 1. The molecule has 0 bridgehead atoms. The zero-order valence-electron chi connectivity index (χ0n) is 14.7. The molecule has 26 heavy (non-hydrogen) atoms. The summed E-state index contributed by atoms with van der Waals surface area (Å²) in [6.45, 7) is 5.38.